The molecule has 106 valence electrons. The number of carbonyl (C=O) groups is 1. The molecule has 1 aromatic heterocycles. The highest BCUT2D eigenvalue weighted by Crippen LogP contribution is 2.31. The molecular formula is C10H15N3O4S2. The quantitative estimate of drug-likeness (QED) is 0.835. The van der Waals surface area contributed by atoms with E-state index in [9.17, 15) is 13.2 Å². The molecule has 2 rings (SSSR count). The number of thiazole rings is 1. The van der Waals surface area contributed by atoms with E-state index in [0.717, 1.165) is 17.8 Å². The lowest BCUT2D eigenvalue weighted by Crippen LogP contribution is -2.38. The minimum absolute atomic E-state index is 0.0416. The van der Waals surface area contributed by atoms with Crippen molar-refractivity contribution in [2.75, 3.05) is 18.0 Å². The van der Waals surface area contributed by atoms with E-state index >= 15 is 0 Å². The lowest BCUT2D eigenvalue weighted by atomic mass is 9.99. The molecule has 0 bridgehead atoms. The molecule has 3 N–H and O–H groups in total. The Morgan fingerprint density at radius 3 is 2.79 bits per heavy atom. The van der Waals surface area contributed by atoms with Gasteiger partial charge in [-0.2, -0.15) is 0 Å². The summed E-state index contributed by atoms with van der Waals surface area (Å²) < 4.78 is 22.8. The Bertz CT molecular complexity index is 596. The van der Waals surface area contributed by atoms with Crippen LogP contribution in [-0.4, -0.2) is 37.6 Å². The van der Waals surface area contributed by atoms with Crippen molar-refractivity contribution < 1.29 is 18.3 Å². The summed E-state index contributed by atoms with van der Waals surface area (Å²) in [5, 5.41) is 14.7. The summed E-state index contributed by atoms with van der Waals surface area (Å²) in [4.78, 5) is 17.0. The summed E-state index contributed by atoms with van der Waals surface area (Å²) in [7, 11) is -3.77. The third kappa shape index (κ3) is 3.04. The summed E-state index contributed by atoms with van der Waals surface area (Å²) in [6, 6.07) is 0. The normalized spacial score (nSPS) is 20.5. The van der Waals surface area contributed by atoms with E-state index in [-0.39, 0.29) is 4.21 Å². The first kappa shape index (κ1) is 14.2. The van der Waals surface area contributed by atoms with Crippen molar-refractivity contribution in [1.82, 2.24) is 4.98 Å². The van der Waals surface area contributed by atoms with Gasteiger partial charge in [0.05, 0.1) is 11.6 Å². The van der Waals surface area contributed by atoms with E-state index in [1.807, 2.05) is 4.90 Å². The maximum atomic E-state index is 11.4. The van der Waals surface area contributed by atoms with Gasteiger partial charge in [0.2, 0.25) is 10.0 Å². The maximum absolute atomic E-state index is 11.4. The van der Waals surface area contributed by atoms with E-state index < -0.39 is 21.9 Å². The lowest BCUT2D eigenvalue weighted by Gasteiger charge is -2.30. The summed E-state index contributed by atoms with van der Waals surface area (Å²) in [6.07, 6.45) is 1.39. The van der Waals surface area contributed by atoms with E-state index in [1.165, 1.54) is 0 Å². The molecule has 9 heteroatoms. The summed E-state index contributed by atoms with van der Waals surface area (Å²) in [6.45, 7) is 2.62. The average molecular weight is 305 g/mol. The molecule has 0 aromatic carbocycles. The van der Waals surface area contributed by atoms with Gasteiger partial charge < -0.3 is 10.0 Å². The fraction of sp³-hybridized carbons (Fsp3) is 0.600. The fourth-order valence-corrected chi connectivity index (χ4v) is 4.10. The number of nitrogens with zero attached hydrogens (tertiary/aromatic N) is 2. The van der Waals surface area contributed by atoms with Gasteiger partial charge in [0, 0.05) is 13.1 Å². The smallest absolute Gasteiger partial charge is 0.308 e. The van der Waals surface area contributed by atoms with Crippen LogP contribution in [0.15, 0.2) is 4.21 Å². The van der Waals surface area contributed by atoms with Crippen LogP contribution >= 0.6 is 11.3 Å². The van der Waals surface area contributed by atoms with Gasteiger partial charge >= 0.3 is 5.97 Å². The van der Waals surface area contributed by atoms with Crippen LogP contribution in [0.1, 0.15) is 18.5 Å². The Morgan fingerprint density at radius 2 is 2.26 bits per heavy atom. The van der Waals surface area contributed by atoms with Crippen molar-refractivity contribution >= 4 is 32.5 Å². The SMILES string of the molecule is Cc1nc(N2CCCC(C(=O)O)C2)sc1S(N)(=O)=O. The lowest BCUT2D eigenvalue weighted by molar-refractivity contribution is -0.141. The number of hydrogen-bond donors (Lipinski definition) is 2. The number of carboxylic acids is 1. The number of sulfonamides is 1. The first-order valence-corrected chi connectivity index (χ1v) is 8.13. The second-order valence-corrected chi connectivity index (χ2v) is 7.27. The Hall–Kier alpha value is -1.19. The molecular weight excluding hydrogens is 290 g/mol. The van der Waals surface area contributed by atoms with E-state index in [4.69, 9.17) is 10.2 Å². The first-order valence-electron chi connectivity index (χ1n) is 5.77. The third-order valence-corrected chi connectivity index (χ3v) is 5.81. The van der Waals surface area contributed by atoms with Crippen molar-refractivity contribution in [3.63, 3.8) is 0 Å². The van der Waals surface area contributed by atoms with Crippen molar-refractivity contribution in [3.05, 3.63) is 5.69 Å². The van der Waals surface area contributed by atoms with E-state index in [2.05, 4.69) is 4.98 Å². The molecule has 19 heavy (non-hydrogen) atoms. The molecule has 0 amide bonds. The van der Waals surface area contributed by atoms with Crippen molar-refractivity contribution in [1.29, 1.82) is 0 Å². The van der Waals surface area contributed by atoms with Gasteiger partial charge in [-0.05, 0) is 19.8 Å². The van der Waals surface area contributed by atoms with Gasteiger partial charge in [-0.3, -0.25) is 4.79 Å². The van der Waals surface area contributed by atoms with Crippen molar-refractivity contribution in [2.24, 2.45) is 11.1 Å². The van der Waals surface area contributed by atoms with Gasteiger partial charge in [0.1, 0.15) is 0 Å². The van der Waals surface area contributed by atoms with Gasteiger partial charge in [-0.1, -0.05) is 11.3 Å². The Kier molecular flexibility index (Phi) is 3.79. The minimum atomic E-state index is -3.77. The zero-order valence-corrected chi connectivity index (χ0v) is 12.0. The van der Waals surface area contributed by atoms with Crippen LogP contribution in [0.2, 0.25) is 0 Å². The Morgan fingerprint density at radius 1 is 1.58 bits per heavy atom. The number of piperidine rings is 1. The number of rotatable bonds is 3. The second kappa shape index (κ2) is 5.06. The molecule has 0 saturated carbocycles. The second-order valence-electron chi connectivity index (χ2n) is 4.54. The number of hydrogen-bond acceptors (Lipinski definition) is 6. The largest absolute Gasteiger partial charge is 0.481 e. The monoisotopic (exact) mass is 305 g/mol. The molecule has 1 unspecified atom stereocenters. The van der Waals surface area contributed by atoms with Crippen LogP contribution in [0.5, 0.6) is 0 Å². The Labute approximate surface area is 115 Å². The number of carboxylic acid groups (broad SMARTS) is 1. The zero-order valence-electron chi connectivity index (χ0n) is 10.4. The number of aliphatic carboxylic acids is 1. The summed E-state index contributed by atoms with van der Waals surface area (Å²) >= 11 is 0.996. The highest BCUT2D eigenvalue weighted by atomic mass is 32.2. The number of primary sulfonamides is 1. The van der Waals surface area contributed by atoms with Crippen LogP contribution in [0, 0.1) is 12.8 Å². The molecule has 1 fully saturated rings. The van der Waals surface area contributed by atoms with Crippen LogP contribution in [0.3, 0.4) is 0 Å². The van der Waals surface area contributed by atoms with Gasteiger partial charge in [0.25, 0.3) is 0 Å². The molecule has 2 heterocycles. The molecule has 1 aliphatic heterocycles. The van der Waals surface area contributed by atoms with Crippen molar-refractivity contribution in [3.8, 4) is 0 Å². The fourth-order valence-electron chi connectivity index (χ4n) is 2.12. The summed E-state index contributed by atoms with van der Waals surface area (Å²) in [5.41, 5.74) is 0.361. The third-order valence-electron chi connectivity index (χ3n) is 3.04. The molecule has 0 radical (unpaired) electrons. The molecule has 0 spiro atoms. The van der Waals surface area contributed by atoms with E-state index in [1.54, 1.807) is 6.92 Å². The van der Waals surface area contributed by atoms with Gasteiger partial charge in [-0.25, -0.2) is 18.5 Å². The number of anilines is 1. The number of aromatic nitrogens is 1. The summed E-state index contributed by atoms with van der Waals surface area (Å²) in [5.74, 6) is -1.26. The highest BCUT2D eigenvalue weighted by molar-refractivity contribution is 7.91. The molecule has 7 nitrogen and oxygen atoms in total. The van der Waals surface area contributed by atoms with Gasteiger partial charge in [0.15, 0.2) is 9.34 Å². The molecule has 1 aliphatic rings. The molecule has 1 atom stereocenters. The molecule has 1 aromatic rings. The zero-order chi connectivity index (χ0) is 14.2. The van der Waals surface area contributed by atoms with Crippen molar-refractivity contribution in [2.45, 2.75) is 24.0 Å². The molecule has 1 saturated heterocycles. The van der Waals surface area contributed by atoms with E-state index in [0.29, 0.717) is 30.3 Å². The van der Waals surface area contributed by atoms with Crippen LogP contribution in [-0.2, 0) is 14.8 Å². The average Bonchev–Trinajstić information content (AvgIpc) is 2.71. The van der Waals surface area contributed by atoms with Gasteiger partial charge in [-0.15, -0.1) is 0 Å². The minimum Gasteiger partial charge on any atom is -0.481 e. The molecule has 0 aliphatic carbocycles. The van der Waals surface area contributed by atoms with Crippen LogP contribution in [0.25, 0.3) is 0 Å². The van der Waals surface area contributed by atoms with Crippen LogP contribution in [0.4, 0.5) is 5.13 Å². The highest BCUT2D eigenvalue weighted by Gasteiger charge is 2.28. The topological polar surface area (TPSA) is 114 Å². The first-order chi connectivity index (χ1) is 8.79. The number of nitrogens with two attached hydrogens (primary N) is 1. The maximum Gasteiger partial charge on any atom is 0.308 e. The Balaban J connectivity index is 2.25. The van der Waals surface area contributed by atoms with Crippen LogP contribution < -0.4 is 10.0 Å². The predicted octanol–water partition coefficient (Wildman–Crippen LogP) is 0.400. The number of aryl methyl sites for hydroxylation is 1. The standard InChI is InChI=1S/C10H15N3O4S2/c1-6-9(19(11,16)17)18-10(12-6)13-4-2-3-7(5-13)8(14)15/h7H,2-5H2,1H3,(H,14,15)(H2,11,16,17). The predicted molar refractivity (Wildman–Crippen MR) is 70.8 cm³/mol.